The van der Waals surface area contributed by atoms with Gasteiger partial charge in [-0.1, -0.05) is 0 Å². The fraction of sp³-hybridized carbons (Fsp3) is 0.476. The number of hydrogen-bond donors (Lipinski definition) is 1. The summed E-state index contributed by atoms with van der Waals surface area (Å²) in [5.41, 5.74) is 3.60. The zero-order chi connectivity index (χ0) is 20.1. The Morgan fingerprint density at radius 3 is 2.82 bits per heavy atom. The number of pyridine rings is 2. The molecule has 0 aromatic carbocycles. The van der Waals surface area contributed by atoms with E-state index >= 15 is 0 Å². The molecule has 1 atom stereocenters. The molecule has 0 bridgehead atoms. The van der Waals surface area contributed by atoms with E-state index in [-0.39, 0.29) is 5.72 Å². The zero-order valence-corrected chi connectivity index (χ0v) is 17.4. The number of hydrogen-bond acceptors (Lipinski definition) is 7. The third-order valence-electron chi connectivity index (χ3n) is 5.23. The molecular weight excluding hydrogens is 352 g/mol. The normalized spacial score (nSPS) is 19.9. The maximum absolute atomic E-state index is 5.94. The van der Waals surface area contributed by atoms with Gasteiger partial charge in [-0.25, -0.2) is 4.98 Å². The first-order valence-electron chi connectivity index (χ1n) is 9.73. The van der Waals surface area contributed by atoms with Crippen LogP contribution in [0.15, 0.2) is 41.8 Å². The summed E-state index contributed by atoms with van der Waals surface area (Å²) < 4.78 is 5.94. The smallest absolute Gasteiger partial charge is 0.138 e. The Morgan fingerprint density at radius 1 is 1.36 bits per heavy atom. The molecule has 7 nitrogen and oxygen atoms in total. The maximum atomic E-state index is 5.94. The molecule has 1 saturated heterocycles. The van der Waals surface area contributed by atoms with Gasteiger partial charge in [-0.3, -0.25) is 15.3 Å². The second kappa shape index (κ2) is 8.67. The fourth-order valence-corrected chi connectivity index (χ4v) is 3.61. The number of anilines is 2. The molecule has 1 unspecified atom stereocenters. The predicted octanol–water partition coefficient (Wildman–Crippen LogP) is 2.81. The number of nitrogens with zero attached hydrogens (tertiary/aromatic N) is 5. The highest BCUT2D eigenvalue weighted by molar-refractivity contribution is 6.00. The summed E-state index contributed by atoms with van der Waals surface area (Å²) in [5, 5.41) is 9.87. The third-order valence-corrected chi connectivity index (χ3v) is 5.23. The molecule has 150 valence electrons. The summed E-state index contributed by atoms with van der Waals surface area (Å²) >= 11 is 0. The second-order valence-electron chi connectivity index (χ2n) is 7.07. The first-order valence-corrected chi connectivity index (χ1v) is 9.73. The van der Waals surface area contributed by atoms with Gasteiger partial charge in [-0.2, -0.15) is 5.10 Å². The van der Waals surface area contributed by atoms with Crippen LogP contribution >= 0.6 is 0 Å². The Labute approximate surface area is 167 Å². The summed E-state index contributed by atoms with van der Waals surface area (Å²) in [6.45, 7) is 8.42. The third kappa shape index (κ3) is 4.31. The number of rotatable bonds is 7. The molecule has 1 fully saturated rings. The van der Waals surface area contributed by atoms with E-state index in [1.165, 1.54) is 0 Å². The quantitative estimate of drug-likeness (QED) is 0.451. The highest BCUT2D eigenvalue weighted by Gasteiger charge is 2.37. The van der Waals surface area contributed by atoms with Gasteiger partial charge in [0.15, 0.2) is 0 Å². The average Bonchev–Trinajstić information content (AvgIpc) is 3.13. The Bertz CT molecular complexity index is 822. The van der Waals surface area contributed by atoms with E-state index < -0.39 is 0 Å². The fourth-order valence-electron chi connectivity index (χ4n) is 3.61. The number of aromatic nitrogens is 2. The van der Waals surface area contributed by atoms with Crippen molar-refractivity contribution in [1.29, 1.82) is 0 Å². The largest absolute Gasteiger partial charge is 0.359 e. The monoisotopic (exact) mass is 382 g/mol. The van der Waals surface area contributed by atoms with Gasteiger partial charge in [0, 0.05) is 44.1 Å². The molecule has 3 heterocycles. The predicted molar refractivity (Wildman–Crippen MR) is 114 cm³/mol. The van der Waals surface area contributed by atoms with Crippen molar-refractivity contribution >= 4 is 17.2 Å². The van der Waals surface area contributed by atoms with Gasteiger partial charge in [-0.05, 0) is 52.1 Å². The molecule has 7 heteroatoms. The number of ether oxygens (including phenoxy) is 1. The highest BCUT2D eigenvalue weighted by Crippen LogP contribution is 2.27. The summed E-state index contributed by atoms with van der Waals surface area (Å²) in [6.07, 6.45) is 4.60. The summed E-state index contributed by atoms with van der Waals surface area (Å²) in [7, 11) is 3.89. The van der Waals surface area contributed by atoms with Crippen LogP contribution in [0.4, 0.5) is 11.5 Å². The lowest BCUT2D eigenvalue weighted by atomic mass is 10.1. The van der Waals surface area contributed by atoms with Crippen molar-refractivity contribution in [3.05, 3.63) is 47.9 Å². The summed E-state index contributed by atoms with van der Waals surface area (Å²) in [6, 6.07) is 8.07. The first-order chi connectivity index (χ1) is 13.5. The summed E-state index contributed by atoms with van der Waals surface area (Å²) in [5.74, 6) is 0.956. The molecule has 0 saturated carbocycles. The summed E-state index contributed by atoms with van der Waals surface area (Å²) in [4.78, 5) is 11.2. The molecule has 2 aromatic rings. The maximum Gasteiger partial charge on any atom is 0.138 e. The van der Waals surface area contributed by atoms with E-state index in [0.717, 1.165) is 48.0 Å². The molecule has 3 rings (SSSR count). The van der Waals surface area contributed by atoms with Gasteiger partial charge in [-0.15, -0.1) is 0 Å². The van der Waals surface area contributed by atoms with E-state index in [9.17, 15) is 0 Å². The Kier molecular flexibility index (Phi) is 6.26. The van der Waals surface area contributed by atoms with Crippen molar-refractivity contribution in [3.8, 4) is 0 Å². The molecule has 1 aliphatic rings. The molecule has 1 N–H and O–H groups in total. The van der Waals surface area contributed by atoms with Crippen LogP contribution in [0.2, 0.25) is 0 Å². The minimum Gasteiger partial charge on any atom is -0.359 e. The lowest BCUT2D eigenvalue weighted by Gasteiger charge is -2.29. The van der Waals surface area contributed by atoms with Crippen LogP contribution in [0.3, 0.4) is 0 Å². The minimum atomic E-state index is -0.283. The van der Waals surface area contributed by atoms with Crippen LogP contribution < -0.4 is 15.2 Å². The Morgan fingerprint density at radius 2 is 2.18 bits per heavy atom. The molecule has 28 heavy (non-hydrogen) atoms. The lowest BCUT2D eigenvalue weighted by molar-refractivity contribution is -0.0429. The standard InChI is InChI=1S/C21H30N6O/c1-6-28-21(22-4)11-13-27(15-21)20-10-9-18(14-24-20)26(5)25-17(3)19-8-7-12-23-16(19)2/h7-10,12,14,22H,6,11,13,15H2,1-5H3/b25-17+. The van der Waals surface area contributed by atoms with Crippen LogP contribution in [0.1, 0.15) is 31.5 Å². The second-order valence-corrected chi connectivity index (χ2v) is 7.07. The molecule has 0 aliphatic carbocycles. The number of hydrazone groups is 1. The van der Waals surface area contributed by atoms with Crippen LogP contribution in [0.5, 0.6) is 0 Å². The first kappa shape index (κ1) is 20.2. The van der Waals surface area contributed by atoms with E-state index in [0.29, 0.717) is 6.61 Å². The SMILES string of the molecule is CCOC1(NC)CCN(c2ccc(N(C)/N=C(\C)c3cccnc3C)cn2)C1. The molecule has 2 aromatic heterocycles. The minimum absolute atomic E-state index is 0.283. The molecule has 0 amide bonds. The van der Waals surface area contributed by atoms with E-state index in [1.54, 1.807) is 6.20 Å². The molecule has 1 aliphatic heterocycles. The van der Waals surface area contributed by atoms with Crippen LogP contribution in [0.25, 0.3) is 0 Å². The van der Waals surface area contributed by atoms with Crippen molar-refractivity contribution in [2.75, 3.05) is 43.7 Å². The van der Waals surface area contributed by atoms with E-state index in [2.05, 4.69) is 26.3 Å². The van der Waals surface area contributed by atoms with Crippen molar-refractivity contribution < 1.29 is 4.74 Å². The van der Waals surface area contributed by atoms with Gasteiger partial charge in [0.25, 0.3) is 0 Å². The Balaban J connectivity index is 1.71. The topological polar surface area (TPSA) is 65.9 Å². The van der Waals surface area contributed by atoms with Gasteiger partial charge in [0.2, 0.25) is 0 Å². The number of likely N-dealkylation sites (N-methyl/N-ethyl adjacent to an activating group) is 1. The van der Waals surface area contributed by atoms with Gasteiger partial charge < -0.3 is 9.64 Å². The molecule has 0 spiro atoms. The van der Waals surface area contributed by atoms with Crippen LogP contribution in [-0.2, 0) is 4.74 Å². The van der Waals surface area contributed by atoms with Crippen molar-refractivity contribution in [2.45, 2.75) is 32.9 Å². The van der Waals surface area contributed by atoms with Crippen LogP contribution in [0, 0.1) is 6.92 Å². The number of aryl methyl sites for hydroxylation is 1. The Hall–Kier alpha value is -2.51. The molecular formula is C21H30N6O. The van der Waals surface area contributed by atoms with Crippen molar-refractivity contribution in [3.63, 3.8) is 0 Å². The average molecular weight is 383 g/mol. The van der Waals surface area contributed by atoms with E-state index in [1.807, 2.05) is 64.3 Å². The van der Waals surface area contributed by atoms with Gasteiger partial charge >= 0.3 is 0 Å². The zero-order valence-electron chi connectivity index (χ0n) is 17.4. The number of nitrogens with one attached hydrogen (secondary N) is 1. The lowest BCUT2D eigenvalue weighted by Crippen LogP contribution is -2.48. The van der Waals surface area contributed by atoms with E-state index in [4.69, 9.17) is 9.84 Å². The van der Waals surface area contributed by atoms with Crippen LogP contribution in [-0.4, -0.2) is 55.2 Å². The van der Waals surface area contributed by atoms with Crippen molar-refractivity contribution in [1.82, 2.24) is 15.3 Å². The highest BCUT2D eigenvalue weighted by atomic mass is 16.5. The van der Waals surface area contributed by atoms with Gasteiger partial charge in [0.05, 0.1) is 24.1 Å². The van der Waals surface area contributed by atoms with Crippen molar-refractivity contribution in [2.24, 2.45) is 5.10 Å². The van der Waals surface area contributed by atoms with Gasteiger partial charge in [0.1, 0.15) is 11.5 Å². The molecule has 0 radical (unpaired) electrons.